The molecular weight excluding hydrogens is 462 g/mol. The Kier molecular flexibility index (Phi) is 9.28. The molecular formula is C21H23BrClNO5. The monoisotopic (exact) mass is 483 g/mol. The Labute approximate surface area is 183 Å². The molecule has 0 atom stereocenters. The van der Waals surface area contributed by atoms with E-state index in [9.17, 15) is 9.59 Å². The average molecular weight is 485 g/mol. The Morgan fingerprint density at radius 1 is 1.03 bits per heavy atom. The summed E-state index contributed by atoms with van der Waals surface area (Å²) in [6, 6.07) is 10.5. The van der Waals surface area contributed by atoms with E-state index in [-0.39, 0.29) is 23.1 Å². The highest BCUT2D eigenvalue weighted by Gasteiger charge is 2.14. The standard InChI is InChI=1S/C21H23BrClNO5/c1-3-27-18-8-5-14(11-19(18)28-4-2)9-10-24-20(25)13-29-21(26)16-12-15(22)6-7-17(16)23/h5-8,11-12H,3-4,9-10,13H2,1-2H3,(H,24,25). The molecule has 0 aliphatic rings. The van der Waals surface area contributed by atoms with Crippen molar-refractivity contribution < 1.29 is 23.8 Å². The van der Waals surface area contributed by atoms with Crippen molar-refractivity contribution in [3.63, 3.8) is 0 Å². The zero-order valence-electron chi connectivity index (χ0n) is 16.3. The van der Waals surface area contributed by atoms with Crippen LogP contribution in [0.5, 0.6) is 11.5 Å². The summed E-state index contributed by atoms with van der Waals surface area (Å²) in [5.41, 5.74) is 1.20. The Morgan fingerprint density at radius 2 is 1.76 bits per heavy atom. The van der Waals surface area contributed by atoms with E-state index in [1.54, 1.807) is 18.2 Å². The molecule has 0 heterocycles. The summed E-state index contributed by atoms with van der Waals surface area (Å²) in [6.45, 7) is 4.93. The predicted molar refractivity (Wildman–Crippen MR) is 115 cm³/mol. The first-order chi connectivity index (χ1) is 13.9. The Balaban J connectivity index is 1.81. The van der Waals surface area contributed by atoms with E-state index in [2.05, 4.69) is 21.2 Å². The third-order valence-electron chi connectivity index (χ3n) is 3.83. The number of hydrogen-bond acceptors (Lipinski definition) is 5. The quantitative estimate of drug-likeness (QED) is 0.506. The van der Waals surface area contributed by atoms with Crippen LogP contribution >= 0.6 is 27.5 Å². The van der Waals surface area contributed by atoms with Crippen LogP contribution in [0.1, 0.15) is 29.8 Å². The van der Waals surface area contributed by atoms with Gasteiger partial charge < -0.3 is 19.5 Å². The molecule has 0 radical (unpaired) electrons. The molecule has 0 aliphatic heterocycles. The summed E-state index contributed by atoms with van der Waals surface area (Å²) in [6.07, 6.45) is 0.601. The molecule has 0 saturated heterocycles. The van der Waals surface area contributed by atoms with Gasteiger partial charge in [0.25, 0.3) is 5.91 Å². The number of nitrogens with one attached hydrogen (secondary N) is 1. The summed E-state index contributed by atoms with van der Waals surface area (Å²) >= 11 is 9.25. The predicted octanol–water partition coefficient (Wildman–Crippen LogP) is 4.42. The van der Waals surface area contributed by atoms with Gasteiger partial charge in [-0.15, -0.1) is 0 Å². The van der Waals surface area contributed by atoms with E-state index in [4.69, 9.17) is 25.8 Å². The second kappa shape index (κ2) is 11.7. The minimum atomic E-state index is -0.653. The average Bonchev–Trinajstić information content (AvgIpc) is 2.70. The Hall–Kier alpha value is -2.25. The van der Waals surface area contributed by atoms with Gasteiger partial charge in [-0.2, -0.15) is 0 Å². The molecule has 2 aromatic carbocycles. The van der Waals surface area contributed by atoms with Gasteiger partial charge in [-0.1, -0.05) is 33.6 Å². The zero-order valence-corrected chi connectivity index (χ0v) is 18.6. The number of carbonyl (C=O) groups is 2. The van der Waals surface area contributed by atoms with Gasteiger partial charge in [-0.3, -0.25) is 4.79 Å². The molecule has 0 spiro atoms. The van der Waals surface area contributed by atoms with Gasteiger partial charge >= 0.3 is 5.97 Å². The van der Waals surface area contributed by atoms with Crippen molar-refractivity contribution in [3.8, 4) is 11.5 Å². The van der Waals surface area contributed by atoms with E-state index in [0.717, 1.165) is 5.56 Å². The fourth-order valence-electron chi connectivity index (χ4n) is 2.51. The summed E-state index contributed by atoms with van der Waals surface area (Å²) in [5, 5.41) is 2.99. The van der Waals surface area contributed by atoms with Crippen LogP contribution in [0.25, 0.3) is 0 Å². The van der Waals surface area contributed by atoms with Gasteiger partial charge in [0.1, 0.15) is 0 Å². The largest absolute Gasteiger partial charge is 0.490 e. The number of benzene rings is 2. The number of rotatable bonds is 10. The van der Waals surface area contributed by atoms with Crippen LogP contribution in [0.3, 0.4) is 0 Å². The van der Waals surface area contributed by atoms with Gasteiger partial charge in [0.2, 0.25) is 0 Å². The number of amides is 1. The smallest absolute Gasteiger partial charge is 0.340 e. The number of esters is 1. The van der Waals surface area contributed by atoms with Crippen molar-refractivity contribution in [1.29, 1.82) is 0 Å². The molecule has 6 nitrogen and oxygen atoms in total. The maximum Gasteiger partial charge on any atom is 0.340 e. The molecule has 0 bridgehead atoms. The van der Waals surface area contributed by atoms with Crippen LogP contribution in [0.4, 0.5) is 0 Å². The molecule has 29 heavy (non-hydrogen) atoms. The Bertz CT molecular complexity index is 859. The fourth-order valence-corrected chi connectivity index (χ4v) is 3.07. The summed E-state index contributed by atoms with van der Waals surface area (Å²) in [7, 11) is 0. The van der Waals surface area contributed by atoms with E-state index in [1.807, 2.05) is 32.0 Å². The minimum Gasteiger partial charge on any atom is -0.490 e. The van der Waals surface area contributed by atoms with E-state index >= 15 is 0 Å². The van der Waals surface area contributed by atoms with Crippen molar-refractivity contribution in [3.05, 3.63) is 57.0 Å². The second-order valence-electron chi connectivity index (χ2n) is 5.95. The number of halogens is 2. The molecule has 156 valence electrons. The van der Waals surface area contributed by atoms with E-state index in [0.29, 0.717) is 42.2 Å². The zero-order chi connectivity index (χ0) is 21.2. The van der Waals surface area contributed by atoms with Gasteiger partial charge in [0.15, 0.2) is 18.1 Å². The molecule has 8 heteroatoms. The molecule has 0 saturated carbocycles. The Morgan fingerprint density at radius 3 is 2.48 bits per heavy atom. The molecule has 1 N–H and O–H groups in total. The first kappa shape index (κ1) is 23.0. The lowest BCUT2D eigenvalue weighted by Crippen LogP contribution is -2.30. The van der Waals surface area contributed by atoms with Gasteiger partial charge in [0, 0.05) is 11.0 Å². The molecule has 2 rings (SSSR count). The lowest BCUT2D eigenvalue weighted by atomic mass is 10.1. The summed E-state index contributed by atoms with van der Waals surface area (Å²) < 4.78 is 16.9. The second-order valence-corrected chi connectivity index (χ2v) is 7.27. The van der Waals surface area contributed by atoms with Crippen LogP contribution in [-0.4, -0.2) is 38.2 Å². The highest BCUT2D eigenvalue weighted by molar-refractivity contribution is 9.10. The van der Waals surface area contributed by atoms with E-state index < -0.39 is 5.97 Å². The molecule has 1 amide bonds. The fraction of sp³-hybridized carbons (Fsp3) is 0.333. The lowest BCUT2D eigenvalue weighted by Gasteiger charge is -2.12. The third kappa shape index (κ3) is 7.25. The summed E-state index contributed by atoms with van der Waals surface area (Å²) in [5.74, 6) is 0.332. The van der Waals surface area contributed by atoms with Crippen LogP contribution in [-0.2, 0) is 16.0 Å². The van der Waals surface area contributed by atoms with Gasteiger partial charge in [-0.05, 0) is 56.2 Å². The van der Waals surface area contributed by atoms with Crippen molar-refractivity contribution in [1.82, 2.24) is 5.32 Å². The normalized spacial score (nSPS) is 10.3. The van der Waals surface area contributed by atoms with Crippen LogP contribution < -0.4 is 14.8 Å². The van der Waals surface area contributed by atoms with Crippen molar-refractivity contribution in [2.24, 2.45) is 0 Å². The third-order valence-corrected chi connectivity index (χ3v) is 4.65. The van der Waals surface area contributed by atoms with Gasteiger partial charge in [-0.25, -0.2) is 4.79 Å². The van der Waals surface area contributed by atoms with Crippen molar-refractivity contribution >= 4 is 39.4 Å². The first-order valence-electron chi connectivity index (χ1n) is 9.22. The first-order valence-corrected chi connectivity index (χ1v) is 10.4. The SMILES string of the molecule is CCOc1ccc(CCNC(=O)COC(=O)c2cc(Br)ccc2Cl)cc1OCC. The minimum absolute atomic E-state index is 0.201. The number of carbonyl (C=O) groups excluding carboxylic acids is 2. The topological polar surface area (TPSA) is 73.9 Å². The number of ether oxygens (including phenoxy) is 3. The molecule has 2 aromatic rings. The number of hydrogen-bond donors (Lipinski definition) is 1. The van der Waals surface area contributed by atoms with Crippen LogP contribution in [0.2, 0.25) is 5.02 Å². The van der Waals surface area contributed by atoms with Crippen LogP contribution in [0.15, 0.2) is 40.9 Å². The van der Waals surface area contributed by atoms with Crippen LogP contribution in [0, 0.1) is 0 Å². The lowest BCUT2D eigenvalue weighted by molar-refractivity contribution is -0.124. The highest BCUT2D eigenvalue weighted by Crippen LogP contribution is 2.28. The highest BCUT2D eigenvalue weighted by atomic mass is 79.9. The molecule has 0 aliphatic carbocycles. The van der Waals surface area contributed by atoms with E-state index in [1.165, 1.54) is 0 Å². The van der Waals surface area contributed by atoms with Crippen molar-refractivity contribution in [2.45, 2.75) is 20.3 Å². The molecule has 0 aromatic heterocycles. The summed E-state index contributed by atoms with van der Waals surface area (Å²) in [4.78, 5) is 24.0. The van der Waals surface area contributed by atoms with Gasteiger partial charge in [0.05, 0.1) is 23.8 Å². The molecule has 0 unspecified atom stereocenters. The maximum atomic E-state index is 12.1. The maximum absolute atomic E-state index is 12.1. The molecule has 0 fully saturated rings. The van der Waals surface area contributed by atoms with Crippen molar-refractivity contribution in [2.75, 3.05) is 26.4 Å².